The average molecular weight is 687 g/mol. The van der Waals surface area contributed by atoms with Crippen LogP contribution in [0, 0.1) is 0 Å². The zero-order valence-corrected chi connectivity index (χ0v) is 31.0. The molecule has 0 atom stereocenters. The van der Waals surface area contributed by atoms with Gasteiger partial charge in [0, 0.05) is 0 Å². The van der Waals surface area contributed by atoms with E-state index in [1.54, 1.807) is 0 Å². The SMILES string of the molecule is CC(C)c1cc(-c2ccccc2)cc(C(C)C)c1-n1c(-c2cccc3c2oc2c[c]([Ge]([CH3])([CH3])[CH3])ccc23)nc2ccc3ccccc3c21. The Morgan fingerprint density at radius 2 is 1.31 bits per heavy atom. The van der Waals surface area contributed by atoms with E-state index in [9.17, 15) is 0 Å². The Kier molecular flexibility index (Phi) is 7.37. The second-order valence-electron chi connectivity index (χ2n) is 14.8. The molecule has 8 aromatic rings. The van der Waals surface area contributed by atoms with Crippen LogP contribution in [0.4, 0.5) is 0 Å². The molecule has 0 fully saturated rings. The quantitative estimate of drug-likeness (QED) is 0.163. The van der Waals surface area contributed by atoms with Crippen molar-refractivity contribution in [2.24, 2.45) is 0 Å². The maximum atomic E-state index is 6.86. The summed E-state index contributed by atoms with van der Waals surface area (Å²) in [5.74, 6) is 8.78. The topological polar surface area (TPSA) is 31.0 Å². The Morgan fingerprint density at radius 1 is 0.625 bits per heavy atom. The number of para-hydroxylation sites is 1. The third kappa shape index (κ3) is 4.99. The van der Waals surface area contributed by atoms with E-state index in [4.69, 9.17) is 9.40 Å². The summed E-state index contributed by atoms with van der Waals surface area (Å²) in [4.78, 5) is 5.48. The van der Waals surface area contributed by atoms with Gasteiger partial charge in [0.05, 0.1) is 0 Å². The van der Waals surface area contributed by atoms with Crippen LogP contribution in [0.5, 0.6) is 0 Å². The molecular weight excluding hydrogens is 645 g/mol. The van der Waals surface area contributed by atoms with Crippen molar-refractivity contribution < 1.29 is 4.42 Å². The van der Waals surface area contributed by atoms with Gasteiger partial charge in [-0.15, -0.1) is 0 Å². The second kappa shape index (κ2) is 11.5. The number of rotatable bonds is 6. The summed E-state index contributed by atoms with van der Waals surface area (Å²) in [5, 5.41) is 4.70. The molecule has 2 aromatic heterocycles. The Bertz CT molecular complexity index is 2460. The number of benzene rings is 6. The zero-order chi connectivity index (χ0) is 33.3. The summed E-state index contributed by atoms with van der Waals surface area (Å²) in [6.07, 6.45) is 0. The molecule has 48 heavy (non-hydrogen) atoms. The van der Waals surface area contributed by atoms with Gasteiger partial charge in [-0.2, -0.15) is 0 Å². The third-order valence-electron chi connectivity index (χ3n) is 9.89. The number of furan rings is 1. The minimum atomic E-state index is -2.06. The number of hydrogen-bond donors (Lipinski definition) is 0. The van der Waals surface area contributed by atoms with Crippen molar-refractivity contribution in [3.63, 3.8) is 0 Å². The number of hydrogen-bond acceptors (Lipinski definition) is 2. The van der Waals surface area contributed by atoms with Crippen LogP contribution in [-0.4, -0.2) is 22.8 Å². The van der Waals surface area contributed by atoms with Crippen molar-refractivity contribution in [3.05, 3.63) is 126 Å². The van der Waals surface area contributed by atoms with Crippen LogP contribution >= 0.6 is 0 Å². The molecule has 4 heteroatoms. The standard InChI is InChI=1S/C44H42GeN2O/c1-27(2)37-24-31(29-14-9-8-10-15-29)25-38(28(3)4)41(37)47-42-33-17-12-11-16-30(33)20-23-39(42)46-44(47)36-19-13-18-35-34-22-21-32(45(5,6)7)26-40(34)48-43(35)36/h8-28H,1-7H3. The van der Waals surface area contributed by atoms with E-state index in [0.29, 0.717) is 0 Å². The van der Waals surface area contributed by atoms with Gasteiger partial charge in [0.25, 0.3) is 0 Å². The predicted octanol–water partition coefficient (Wildman–Crippen LogP) is 12.2. The number of fused-ring (bicyclic) bond motifs is 6. The average Bonchev–Trinajstić information content (AvgIpc) is 3.66. The van der Waals surface area contributed by atoms with Crippen molar-refractivity contribution >= 4 is 61.4 Å². The molecule has 6 aromatic carbocycles. The van der Waals surface area contributed by atoms with E-state index < -0.39 is 13.3 Å². The van der Waals surface area contributed by atoms with Gasteiger partial charge in [-0.05, 0) is 5.56 Å². The van der Waals surface area contributed by atoms with Crippen LogP contribution in [0.15, 0.2) is 120 Å². The third-order valence-corrected chi connectivity index (χ3v) is 14.2. The van der Waals surface area contributed by atoms with E-state index in [-0.39, 0.29) is 11.8 Å². The minimum absolute atomic E-state index is 0.282. The fraction of sp³-hybridized carbons (Fsp3) is 0.205. The van der Waals surface area contributed by atoms with Crippen LogP contribution in [0.2, 0.25) is 17.3 Å². The number of nitrogens with zero attached hydrogens (tertiary/aromatic N) is 2. The molecule has 2 heterocycles. The van der Waals surface area contributed by atoms with Gasteiger partial charge in [-0.25, -0.2) is 0 Å². The summed E-state index contributed by atoms with van der Waals surface area (Å²) < 4.78 is 10.8. The molecule has 238 valence electrons. The summed E-state index contributed by atoms with van der Waals surface area (Å²) >= 11 is -2.06. The zero-order valence-electron chi connectivity index (χ0n) is 28.9. The summed E-state index contributed by atoms with van der Waals surface area (Å²) in [7, 11) is 0. The van der Waals surface area contributed by atoms with Gasteiger partial charge in [0.15, 0.2) is 0 Å². The molecule has 0 aliphatic carbocycles. The first-order valence-electron chi connectivity index (χ1n) is 17.2. The van der Waals surface area contributed by atoms with Crippen molar-refractivity contribution in [1.82, 2.24) is 9.55 Å². The monoisotopic (exact) mass is 688 g/mol. The molecule has 3 nitrogen and oxygen atoms in total. The van der Waals surface area contributed by atoms with Gasteiger partial charge in [-0.1, -0.05) is 36.4 Å². The summed E-state index contributed by atoms with van der Waals surface area (Å²) in [5.41, 5.74) is 11.3. The molecule has 0 saturated carbocycles. The van der Waals surface area contributed by atoms with Gasteiger partial charge in [0.1, 0.15) is 0 Å². The molecule has 0 amide bonds. The maximum absolute atomic E-state index is 6.86. The Labute approximate surface area is 285 Å². The summed E-state index contributed by atoms with van der Waals surface area (Å²) in [6.45, 7) is 9.25. The number of aromatic nitrogens is 2. The van der Waals surface area contributed by atoms with Gasteiger partial charge < -0.3 is 0 Å². The van der Waals surface area contributed by atoms with Crippen molar-refractivity contribution in [2.75, 3.05) is 0 Å². The van der Waals surface area contributed by atoms with E-state index >= 15 is 0 Å². The van der Waals surface area contributed by atoms with Gasteiger partial charge in [0.2, 0.25) is 0 Å². The van der Waals surface area contributed by atoms with Crippen LogP contribution < -0.4 is 4.40 Å². The molecule has 0 N–H and O–H groups in total. The fourth-order valence-corrected chi connectivity index (χ4v) is 9.70. The molecular formula is C44H42GeN2O. The van der Waals surface area contributed by atoms with Crippen LogP contribution in [-0.2, 0) is 0 Å². The molecule has 0 spiro atoms. The van der Waals surface area contributed by atoms with Crippen molar-refractivity contribution in [1.29, 1.82) is 0 Å². The summed E-state index contributed by atoms with van der Waals surface area (Å²) in [6, 6.07) is 42.1. The first kappa shape index (κ1) is 30.7. The van der Waals surface area contributed by atoms with E-state index in [1.165, 1.54) is 43.1 Å². The van der Waals surface area contributed by atoms with Crippen LogP contribution in [0.25, 0.3) is 71.9 Å². The predicted molar refractivity (Wildman–Crippen MR) is 208 cm³/mol. The second-order valence-corrected chi connectivity index (χ2v) is 25.5. The Morgan fingerprint density at radius 3 is 2.02 bits per heavy atom. The Balaban J connectivity index is 1.51. The molecule has 0 radical (unpaired) electrons. The van der Waals surface area contributed by atoms with Crippen LogP contribution in [0.1, 0.15) is 50.7 Å². The molecule has 0 unspecified atom stereocenters. The van der Waals surface area contributed by atoms with E-state index in [0.717, 1.165) is 44.4 Å². The first-order valence-corrected chi connectivity index (χ1v) is 24.5. The van der Waals surface area contributed by atoms with E-state index in [2.05, 4.69) is 165 Å². The van der Waals surface area contributed by atoms with Gasteiger partial charge >= 0.3 is 245 Å². The number of imidazole rings is 1. The molecule has 0 aliphatic heterocycles. The van der Waals surface area contributed by atoms with Crippen molar-refractivity contribution in [2.45, 2.75) is 56.8 Å². The normalized spacial score (nSPS) is 12.4. The Hall–Kier alpha value is -4.61. The fourth-order valence-electron chi connectivity index (χ4n) is 7.29. The van der Waals surface area contributed by atoms with Crippen LogP contribution in [0.3, 0.4) is 0 Å². The molecule has 0 bridgehead atoms. The molecule has 0 aliphatic rings. The molecule has 0 saturated heterocycles. The first-order chi connectivity index (χ1) is 23.1. The van der Waals surface area contributed by atoms with Crippen molar-refractivity contribution in [3.8, 4) is 28.2 Å². The van der Waals surface area contributed by atoms with Gasteiger partial charge in [-0.3, -0.25) is 0 Å². The molecule has 8 rings (SSSR count). The van der Waals surface area contributed by atoms with E-state index in [1.807, 2.05) is 0 Å².